The average molecular weight is 337 g/mol. The van der Waals surface area contributed by atoms with E-state index >= 15 is 0 Å². The number of aryl methyl sites for hydroxylation is 1. The summed E-state index contributed by atoms with van der Waals surface area (Å²) in [6, 6.07) is 7.04. The van der Waals surface area contributed by atoms with Crippen LogP contribution < -0.4 is 5.32 Å². The summed E-state index contributed by atoms with van der Waals surface area (Å²) in [7, 11) is 0. The minimum Gasteiger partial charge on any atom is -0.319 e. The van der Waals surface area contributed by atoms with Gasteiger partial charge in [0.05, 0.1) is 6.54 Å². The van der Waals surface area contributed by atoms with Crippen LogP contribution in [0.25, 0.3) is 0 Å². The average Bonchev–Trinajstić information content (AvgIpc) is 2.97. The highest BCUT2D eigenvalue weighted by atomic mass is 35.5. The molecule has 1 fully saturated rings. The van der Waals surface area contributed by atoms with Crippen LogP contribution in [-0.2, 0) is 16.9 Å². The summed E-state index contributed by atoms with van der Waals surface area (Å²) in [5.41, 5.74) is 1.16. The Balaban J connectivity index is 1.90. The van der Waals surface area contributed by atoms with Crippen molar-refractivity contribution in [1.82, 2.24) is 19.8 Å². The topological polar surface area (TPSA) is 75.2 Å². The first-order valence-corrected chi connectivity index (χ1v) is 7.75. The number of aromatic nitrogens is 2. The van der Waals surface area contributed by atoms with Gasteiger partial charge < -0.3 is 5.32 Å². The lowest BCUT2D eigenvalue weighted by Gasteiger charge is -2.22. The molecule has 1 N–H and O–H groups in total. The molecule has 0 unspecified atom stereocenters. The molecule has 1 aliphatic heterocycles. The molecule has 6 nitrogen and oxygen atoms in total. The van der Waals surface area contributed by atoms with Crippen molar-refractivity contribution in [3.8, 4) is 0 Å². The van der Waals surface area contributed by atoms with E-state index in [4.69, 9.17) is 11.6 Å². The molecule has 22 heavy (non-hydrogen) atoms. The zero-order valence-corrected chi connectivity index (χ0v) is 13.5. The summed E-state index contributed by atoms with van der Waals surface area (Å²) in [6.07, 6.45) is 0. The van der Waals surface area contributed by atoms with E-state index in [1.165, 1.54) is 0 Å². The van der Waals surface area contributed by atoms with Crippen molar-refractivity contribution in [1.29, 1.82) is 0 Å². The highest BCUT2D eigenvalue weighted by Gasteiger charge is 2.49. The quantitative estimate of drug-likeness (QED) is 0.874. The molecule has 0 saturated carbocycles. The summed E-state index contributed by atoms with van der Waals surface area (Å²) < 4.78 is 4.09. The van der Waals surface area contributed by atoms with E-state index < -0.39 is 11.6 Å². The fraction of sp³-hybridized carbons (Fsp3) is 0.286. The number of nitrogens with zero attached hydrogens (tertiary/aromatic N) is 3. The summed E-state index contributed by atoms with van der Waals surface area (Å²) in [5.74, 6) is -0.328. The second kappa shape index (κ2) is 5.33. The molecule has 1 aromatic carbocycles. The van der Waals surface area contributed by atoms with Gasteiger partial charge in [-0.25, -0.2) is 4.79 Å². The van der Waals surface area contributed by atoms with Crippen molar-refractivity contribution in [2.75, 3.05) is 0 Å². The predicted molar refractivity (Wildman–Crippen MR) is 82.5 cm³/mol. The lowest BCUT2D eigenvalue weighted by atomic mass is 9.91. The van der Waals surface area contributed by atoms with E-state index in [1.807, 2.05) is 31.2 Å². The second-order valence-corrected chi connectivity index (χ2v) is 6.66. The Hall–Kier alpha value is -1.99. The van der Waals surface area contributed by atoms with Crippen molar-refractivity contribution in [2.45, 2.75) is 25.9 Å². The number of benzene rings is 1. The lowest BCUT2D eigenvalue weighted by molar-refractivity contribution is -0.131. The minimum absolute atomic E-state index is 0.0153. The minimum atomic E-state index is -1.08. The first-order chi connectivity index (χ1) is 10.4. The standard InChI is InChI=1S/C14H13ClN4O2S/c1-8-3-5-9(6-4-8)14(2)12(20)19(13(21)16-14)7-10-11(15)22-18-17-10/h3-6H,7H2,1-2H3,(H,16,21)/t14-/m1/s1. The van der Waals surface area contributed by atoms with Gasteiger partial charge in [0.2, 0.25) is 0 Å². The first kappa shape index (κ1) is 14.9. The zero-order valence-electron chi connectivity index (χ0n) is 12.0. The highest BCUT2D eigenvalue weighted by Crippen LogP contribution is 2.30. The van der Waals surface area contributed by atoms with E-state index in [-0.39, 0.29) is 12.5 Å². The number of rotatable bonds is 3. The molecule has 2 heterocycles. The molecule has 0 bridgehead atoms. The normalized spacial score (nSPS) is 21.3. The number of hydrogen-bond donors (Lipinski definition) is 1. The number of urea groups is 1. The Bertz CT molecular complexity index is 746. The van der Waals surface area contributed by atoms with Gasteiger partial charge in [-0.1, -0.05) is 45.9 Å². The van der Waals surface area contributed by atoms with Crippen molar-refractivity contribution in [3.63, 3.8) is 0 Å². The molecule has 0 spiro atoms. The van der Waals surface area contributed by atoms with Crippen LogP contribution in [0.2, 0.25) is 4.34 Å². The predicted octanol–water partition coefficient (Wildman–Crippen LogP) is 2.47. The highest BCUT2D eigenvalue weighted by molar-refractivity contribution is 7.10. The number of nitrogens with one attached hydrogen (secondary N) is 1. The molecule has 1 saturated heterocycles. The fourth-order valence-electron chi connectivity index (χ4n) is 2.36. The SMILES string of the molecule is Cc1ccc([C@@]2(C)NC(=O)N(Cc3nnsc3Cl)C2=O)cc1. The molecule has 1 atom stereocenters. The Kier molecular flexibility index (Phi) is 3.62. The van der Waals surface area contributed by atoms with E-state index in [1.54, 1.807) is 6.92 Å². The third-order valence-electron chi connectivity index (χ3n) is 3.72. The van der Waals surface area contributed by atoms with Crippen molar-refractivity contribution < 1.29 is 9.59 Å². The first-order valence-electron chi connectivity index (χ1n) is 6.60. The molecule has 1 aliphatic rings. The van der Waals surface area contributed by atoms with Gasteiger partial charge >= 0.3 is 6.03 Å². The number of carbonyl (C=O) groups is 2. The van der Waals surface area contributed by atoms with Gasteiger partial charge in [-0.15, -0.1) is 5.10 Å². The summed E-state index contributed by atoms with van der Waals surface area (Å²) >= 11 is 6.97. The van der Waals surface area contributed by atoms with E-state index in [9.17, 15) is 9.59 Å². The van der Waals surface area contributed by atoms with Crippen molar-refractivity contribution >= 4 is 35.1 Å². The van der Waals surface area contributed by atoms with E-state index in [0.29, 0.717) is 10.0 Å². The Morgan fingerprint density at radius 3 is 2.59 bits per heavy atom. The summed E-state index contributed by atoms with van der Waals surface area (Å²) in [5, 5.41) is 6.59. The van der Waals surface area contributed by atoms with Crippen LogP contribution in [0.5, 0.6) is 0 Å². The maximum Gasteiger partial charge on any atom is 0.325 e. The van der Waals surface area contributed by atoms with Crippen molar-refractivity contribution in [2.24, 2.45) is 0 Å². The van der Waals surface area contributed by atoms with Crippen LogP contribution >= 0.6 is 23.1 Å². The molecule has 2 aromatic rings. The maximum atomic E-state index is 12.7. The molecule has 114 valence electrons. The smallest absolute Gasteiger partial charge is 0.319 e. The number of imide groups is 1. The Morgan fingerprint density at radius 1 is 1.32 bits per heavy atom. The van der Waals surface area contributed by atoms with E-state index in [2.05, 4.69) is 14.9 Å². The summed E-state index contributed by atoms with van der Waals surface area (Å²) in [4.78, 5) is 26.0. The van der Waals surface area contributed by atoms with E-state index in [0.717, 1.165) is 27.6 Å². The Labute approximate surface area is 136 Å². The zero-order chi connectivity index (χ0) is 15.9. The molecule has 3 rings (SSSR count). The molecule has 8 heteroatoms. The van der Waals surface area contributed by atoms with Gasteiger partial charge in [-0.3, -0.25) is 9.69 Å². The Morgan fingerprint density at radius 2 is 2.00 bits per heavy atom. The van der Waals surface area contributed by atoms with Crippen LogP contribution in [0.3, 0.4) is 0 Å². The molecule has 3 amide bonds. The van der Waals surface area contributed by atoms with Crippen LogP contribution in [-0.4, -0.2) is 26.4 Å². The van der Waals surface area contributed by atoms with Gasteiger partial charge in [0, 0.05) is 11.5 Å². The third-order valence-corrected chi connectivity index (χ3v) is 4.71. The van der Waals surface area contributed by atoms with Gasteiger partial charge in [0.1, 0.15) is 15.6 Å². The number of carbonyl (C=O) groups excluding carboxylic acids is 2. The second-order valence-electron chi connectivity index (χ2n) is 5.31. The molecular formula is C14H13ClN4O2S. The van der Waals surface area contributed by atoms with Crippen LogP contribution in [0.1, 0.15) is 23.7 Å². The molecule has 1 aromatic heterocycles. The van der Waals surface area contributed by atoms with Gasteiger partial charge in [-0.05, 0) is 19.4 Å². The molecule has 0 aliphatic carbocycles. The monoisotopic (exact) mass is 336 g/mol. The van der Waals surface area contributed by atoms with Gasteiger partial charge in [0.25, 0.3) is 5.91 Å². The van der Waals surface area contributed by atoms with Gasteiger partial charge in [0.15, 0.2) is 0 Å². The maximum absolute atomic E-state index is 12.7. The fourth-order valence-corrected chi connectivity index (χ4v) is 2.98. The van der Waals surface area contributed by atoms with Crippen LogP contribution in [0, 0.1) is 6.92 Å². The van der Waals surface area contributed by atoms with Crippen LogP contribution in [0.4, 0.5) is 4.79 Å². The molecular weight excluding hydrogens is 324 g/mol. The summed E-state index contributed by atoms with van der Waals surface area (Å²) in [6.45, 7) is 3.67. The number of halogens is 1. The number of amides is 3. The third kappa shape index (κ3) is 2.36. The molecule has 0 radical (unpaired) electrons. The van der Waals surface area contributed by atoms with Crippen molar-refractivity contribution in [3.05, 3.63) is 45.4 Å². The number of hydrogen-bond acceptors (Lipinski definition) is 5. The largest absolute Gasteiger partial charge is 0.325 e. The lowest BCUT2D eigenvalue weighted by Crippen LogP contribution is -2.40. The van der Waals surface area contributed by atoms with Gasteiger partial charge in [-0.2, -0.15) is 0 Å². The van der Waals surface area contributed by atoms with Crippen LogP contribution in [0.15, 0.2) is 24.3 Å².